The number of amides is 3. The van der Waals surface area contributed by atoms with Gasteiger partial charge in [-0.05, 0) is 38.5 Å². The summed E-state index contributed by atoms with van der Waals surface area (Å²) in [5.41, 5.74) is -1.75. The average Bonchev–Trinajstić information content (AvgIpc) is 3.47. The van der Waals surface area contributed by atoms with Gasteiger partial charge in [-0.3, -0.25) is 14.4 Å². The quantitative estimate of drug-likeness (QED) is 0.274. The summed E-state index contributed by atoms with van der Waals surface area (Å²) >= 11 is 0. The summed E-state index contributed by atoms with van der Waals surface area (Å²) in [6.07, 6.45) is 9.30. The molecule has 3 saturated heterocycles. The molecular weight excluding hydrogens is 458 g/mol. The standard InChI is InChI=1S/C28H45N3O5/c1-6-10-11-18-30(17-8-3)26(35)23-28-15-14-27(9-4,36-28)21(24(33)29(5)16-7-2)22(28)25(34)31(23)19-12-13-20-32/h7-8,21-23,32H,2-3,6,9-20H2,1,4-5H3/t21-,22-,23?,27+,28?/m0/s1. The van der Waals surface area contributed by atoms with E-state index in [1.807, 2.05) is 6.92 Å². The Kier molecular flexibility index (Phi) is 9.39. The number of rotatable bonds is 15. The SMILES string of the molecule is C=CCN(C)C(=O)[C@@H]1[C@H]2C(=O)N(CCCCO)C(C(=O)N(CC=C)CCCCC)C23CC[C@@]1(CC)O3. The minimum Gasteiger partial charge on any atom is -0.396 e. The summed E-state index contributed by atoms with van der Waals surface area (Å²) in [5.74, 6) is -1.72. The van der Waals surface area contributed by atoms with Gasteiger partial charge in [-0.15, -0.1) is 13.2 Å². The fraction of sp³-hybridized carbons (Fsp3) is 0.750. The number of unbranched alkanes of at least 4 members (excludes halogenated alkanes) is 3. The molecule has 0 radical (unpaired) electrons. The Balaban J connectivity index is 2.04. The average molecular weight is 504 g/mol. The molecule has 8 nitrogen and oxygen atoms in total. The molecule has 36 heavy (non-hydrogen) atoms. The summed E-state index contributed by atoms with van der Waals surface area (Å²) in [6, 6.07) is -0.772. The number of ether oxygens (including phenoxy) is 1. The van der Waals surface area contributed by atoms with Crippen LogP contribution < -0.4 is 0 Å². The Morgan fingerprint density at radius 2 is 1.83 bits per heavy atom. The van der Waals surface area contributed by atoms with Crippen molar-refractivity contribution in [2.75, 3.05) is 39.8 Å². The maximum absolute atomic E-state index is 14.2. The van der Waals surface area contributed by atoms with E-state index in [2.05, 4.69) is 20.1 Å². The number of aliphatic hydroxyl groups excluding tert-OH is 1. The van der Waals surface area contributed by atoms with Gasteiger partial charge in [0.05, 0.1) is 17.4 Å². The third-order valence-corrected chi connectivity index (χ3v) is 8.46. The highest BCUT2D eigenvalue weighted by Crippen LogP contribution is 2.64. The fourth-order valence-electron chi connectivity index (χ4n) is 6.70. The number of aliphatic hydroxyl groups is 1. The van der Waals surface area contributed by atoms with Gasteiger partial charge < -0.3 is 24.5 Å². The van der Waals surface area contributed by atoms with E-state index in [0.29, 0.717) is 58.3 Å². The first-order valence-corrected chi connectivity index (χ1v) is 13.7. The first kappa shape index (κ1) is 28.4. The van der Waals surface area contributed by atoms with Crippen molar-refractivity contribution >= 4 is 17.7 Å². The van der Waals surface area contributed by atoms with Crippen molar-refractivity contribution in [2.24, 2.45) is 11.8 Å². The van der Waals surface area contributed by atoms with Crippen molar-refractivity contribution in [3.63, 3.8) is 0 Å². The second-order valence-electron chi connectivity index (χ2n) is 10.6. The second kappa shape index (κ2) is 11.9. The van der Waals surface area contributed by atoms with Crippen LogP contribution in [0.25, 0.3) is 0 Å². The minimum atomic E-state index is -1.01. The topological polar surface area (TPSA) is 90.4 Å². The van der Waals surface area contributed by atoms with Crippen molar-refractivity contribution in [3.05, 3.63) is 25.3 Å². The molecule has 0 saturated carbocycles. The normalized spacial score (nSPS) is 30.4. The van der Waals surface area contributed by atoms with E-state index >= 15 is 0 Å². The van der Waals surface area contributed by atoms with Crippen LogP contribution in [0.2, 0.25) is 0 Å². The molecule has 1 spiro atoms. The largest absolute Gasteiger partial charge is 0.396 e. The van der Waals surface area contributed by atoms with Crippen molar-refractivity contribution in [3.8, 4) is 0 Å². The molecule has 2 bridgehead atoms. The van der Waals surface area contributed by atoms with E-state index in [4.69, 9.17) is 4.74 Å². The van der Waals surface area contributed by atoms with Gasteiger partial charge in [0.1, 0.15) is 11.6 Å². The number of nitrogens with zero attached hydrogens (tertiary/aromatic N) is 3. The molecule has 0 aromatic carbocycles. The summed E-state index contributed by atoms with van der Waals surface area (Å²) < 4.78 is 6.82. The van der Waals surface area contributed by atoms with Crippen LogP contribution in [0.4, 0.5) is 0 Å². The molecule has 3 aliphatic heterocycles. The molecule has 0 aromatic rings. The van der Waals surface area contributed by atoms with E-state index < -0.39 is 29.1 Å². The third kappa shape index (κ3) is 4.74. The molecule has 202 valence electrons. The molecule has 3 amide bonds. The molecule has 0 aliphatic carbocycles. The molecule has 0 aromatic heterocycles. The Morgan fingerprint density at radius 3 is 2.44 bits per heavy atom. The lowest BCUT2D eigenvalue weighted by Gasteiger charge is -2.37. The van der Waals surface area contributed by atoms with Crippen molar-refractivity contribution in [1.82, 2.24) is 14.7 Å². The van der Waals surface area contributed by atoms with Crippen molar-refractivity contribution < 1.29 is 24.2 Å². The second-order valence-corrected chi connectivity index (χ2v) is 10.6. The van der Waals surface area contributed by atoms with Gasteiger partial charge in [-0.25, -0.2) is 0 Å². The van der Waals surface area contributed by atoms with Crippen molar-refractivity contribution in [1.29, 1.82) is 0 Å². The lowest BCUT2D eigenvalue weighted by atomic mass is 9.64. The fourth-order valence-corrected chi connectivity index (χ4v) is 6.70. The number of carbonyl (C=O) groups is 3. The zero-order valence-corrected chi connectivity index (χ0v) is 22.4. The van der Waals surface area contributed by atoms with E-state index in [-0.39, 0.29) is 24.3 Å². The third-order valence-electron chi connectivity index (χ3n) is 8.46. The monoisotopic (exact) mass is 503 g/mol. The van der Waals surface area contributed by atoms with Gasteiger partial charge in [0.25, 0.3) is 0 Å². The lowest BCUT2D eigenvalue weighted by molar-refractivity contribution is -0.154. The zero-order chi connectivity index (χ0) is 26.5. The molecule has 3 fully saturated rings. The van der Waals surface area contributed by atoms with Gasteiger partial charge >= 0.3 is 0 Å². The Labute approximate surface area is 216 Å². The molecule has 2 unspecified atom stereocenters. The van der Waals surface area contributed by atoms with Crippen LogP contribution in [0.3, 0.4) is 0 Å². The van der Waals surface area contributed by atoms with Crippen LogP contribution in [0.15, 0.2) is 25.3 Å². The van der Waals surface area contributed by atoms with Crippen LogP contribution in [0, 0.1) is 11.8 Å². The first-order chi connectivity index (χ1) is 17.3. The highest BCUT2D eigenvalue weighted by molar-refractivity contribution is 5.99. The summed E-state index contributed by atoms with van der Waals surface area (Å²) in [4.78, 5) is 47.1. The molecule has 3 rings (SSSR count). The van der Waals surface area contributed by atoms with Gasteiger partial charge in [-0.2, -0.15) is 0 Å². The van der Waals surface area contributed by atoms with Crippen LogP contribution in [0.5, 0.6) is 0 Å². The first-order valence-electron chi connectivity index (χ1n) is 13.7. The van der Waals surface area contributed by atoms with Gasteiger partial charge in [-0.1, -0.05) is 38.8 Å². The van der Waals surface area contributed by atoms with Gasteiger partial charge in [0.2, 0.25) is 17.7 Å². The molecule has 8 heteroatoms. The van der Waals surface area contributed by atoms with E-state index in [1.165, 1.54) is 0 Å². The molecule has 3 aliphatic rings. The minimum absolute atomic E-state index is 0.0255. The molecular formula is C28H45N3O5. The lowest BCUT2D eigenvalue weighted by Crippen LogP contribution is -2.56. The number of carbonyl (C=O) groups excluding carboxylic acids is 3. The maximum Gasteiger partial charge on any atom is 0.248 e. The van der Waals surface area contributed by atoms with E-state index in [9.17, 15) is 19.5 Å². The number of fused-ring (bicyclic) bond motifs is 1. The zero-order valence-electron chi connectivity index (χ0n) is 22.4. The highest BCUT2D eigenvalue weighted by atomic mass is 16.5. The summed E-state index contributed by atoms with van der Waals surface area (Å²) in [5, 5.41) is 9.34. The van der Waals surface area contributed by atoms with Gasteiger partial charge in [0, 0.05) is 39.8 Å². The Bertz CT molecular complexity index is 847. The van der Waals surface area contributed by atoms with Crippen LogP contribution >= 0.6 is 0 Å². The molecule has 1 N–H and O–H groups in total. The maximum atomic E-state index is 14.2. The summed E-state index contributed by atoms with van der Waals surface area (Å²) in [7, 11) is 1.73. The Hall–Kier alpha value is -2.19. The van der Waals surface area contributed by atoms with Gasteiger partial charge in [0.15, 0.2) is 0 Å². The van der Waals surface area contributed by atoms with Crippen molar-refractivity contribution in [2.45, 2.75) is 82.5 Å². The predicted octanol–water partition coefficient (Wildman–Crippen LogP) is 2.76. The number of likely N-dealkylation sites (tertiary alicyclic amines) is 1. The van der Waals surface area contributed by atoms with E-state index in [1.54, 1.807) is 33.9 Å². The molecule has 5 atom stereocenters. The van der Waals surface area contributed by atoms with Crippen LogP contribution in [0.1, 0.15) is 65.2 Å². The molecule has 3 heterocycles. The van der Waals surface area contributed by atoms with Crippen LogP contribution in [-0.4, -0.2) is 94.6 Å². The smallest absolute Gasteiger partial charge is 0.248 e. The predicted molar refractivity (Wildman–Crippen MR) is 139 cm³/mol. The number of hydrogen-bond acceptors (Lipinski definition) is 5. The summed E-state index contributed by atoms with van der Waals surface area (Å²) in [6.45, 7) is 13.5. The highest BCUT2D eigenvalue weighted by Gasteiger charge is 2.78. The Morgan fingerprint density at radius 1 is 1.11 bits per heavy atom. The number of hydrogen-bond donors (Lipinski definition) is 1. The van der Waals surface area contributed by atoms with Crippen LogP contribution in [-0.2, 0) is 19.1 Å². The number of likely N-dealkylation sites (N-methyl/N-ethyl adjacent to an activating group) is 1. The van der Waals surface area contributed by atoms with E-state index in [0.717, 1.165) is 19.3 Å².